The summed E-state index contributed by atoms with van der Waals surface area (Å²) >= 11 is 0. The number of nitrogens with one attached hydrogen (secondary N) is 2. The average Bonchev–Trinajstić information content (AvgIpc) is 2.88. The van der Waals surface area contributed by atoms with Gasteiger partial charge < -0.3 is 35.7 Å². The van der Waals surface area contributed by atoms with E-state index in [0.29, 0.717) is 31.4 Å². The zero-order valence-electron chi connectivity index (χ0n) is 24.4. The molecular formula is C30H45N3O7. The molecule has 4 atom stereocenters. The molecule has 0 aromatic carbocycles. The molecule has 10 nitrogen and oxygen atoms in total. The third kappa shape index (κ3) is 14.0. The fourth-order valence-corrected chi connectivity index (χ4v) is 3.68. The number of primary amides is 1. The van der Waals surface area contributed by atoms with Gasteiger partial charge in [-0.2, -0.15) is 0 Å². The molecule has 40 heavy (non-hydrogen) atoms. The van der Waals surface area contributed by atoms with E-state index < -0.39 is 35.9 Å². The van der Waals surface area contributed by atoms with Gasteiger partial charge in [0.25, 0.3) is 0 Å². The number of hydrogen-bond donors (Lipinski definition) is 4. The monoisotopic (exact) mass is 559 g/mol. The molecule has 0 spiro atoms. The van der Waals surface area contributed by atoms with Crippen LogP contribution in [-0.4, -0.2) is 54.7 Å². The second kappa shape index (κ2) is 17.9. The highest BCUT2D eigenvalue weighted by Crippen LogP contribution is 2.21. The molecule has 0 saturated carbocycles. The van der Waals surface area contributed by atoms with Crippen molar-refractivity contribution in [2.45, 2.75) is 84.8 Å². The van der Waals surface area contributed by atoms with Gasteiger partial charge in [-0.05, 0) is 44.4 Å². The van der Waals surface area contributed by atoms with Crippen LogP contribution in [0.1, 0.15) is 60.3 Å². The van der Waals surface area contributed by atoms with E-state index >= 15 is 0 Å². The number of carbonyl (C=O) groups excluding carboxylic acids is 3. The lowest BCUT2D eigenvalue weighted by molar-refractivity contribution is -0.140. The van der Waals surface area contributed by atoms with Gasteiger partial charge in [0.15, 0.2) is 0 Å². The number of rotatable bonds is 14. The summed E-state index contributed by atoms with van der Waals surface area (Å²) in [6.45, 7) is 9.35. The minimum absolute atomic E-state index is 0.142. The van der Waals surface area contributed by atoms with E-state index in [1.54, 1.807) is 18.2 Å². The molecule has 0 aromatic heterocycles. The van der Waals surface area contributed by atoms with Crippen LogP contribution < -0.4 is 16.4 Å². The molecule has 3 amide bonds. The molecule has 10 heteroatoms. The number of carbonyl (C=O) groups is 3. The van der Waals surface area contributed by atoms with E-state index in [1.807, 2.05) is 65.0 Å². The zero-order valence-corrected chi connectivity index (χ0v) is 24.4. The first-order chi connectivity index (χ1) is 18.9. The van der Waals surface area contributed by atoms with Crippen LogP contribution in [0.4, 0.5) is 4.79 Å². The summed E-state index contributed by atoms with van der Waals surface area (Å²) in [6, 6.07) is -0.792. The molecule has 1 heterocycles. The lowest BCUT2D eigenvalue weighted by Crippen LogP contribution is -2.52. The number of amides is 3. The van der Waals surface area contributed by atoms with Gasteiger partial charge >= 0.3 is 6.09 Å². The van der Waals surface area contributed by atoms with E-state index in [1.165, 1.54) is 19.4 Å². The highest BCUT2D eigenvalue weighted by molar-refractivity contribution is 5.93. The Bertz CT molecular complexity index is 1020. The Morgan fingerprint density at radius 1 is 1.20 bits per heavy atom. The van der Waals surface area contributed by atoms with Crippen LogP contribution in [0, 0.1) is 5.41 Å². The summed E-state index contributed by atoms with van der Waals surface area (Å²) in [4.78, 5) is 36.4. The molecule has 1 rings (SSSR count). The molecule has 0 bridgehead atoms. The average molecular weight is 560 g/mol. The topological polar surface area (TPSA) is 149 Å². The van der Waals surface area contributed by atoms with Crippen LogP contribution in [0.15, 0.2) is 72.2 Å². The summed E-state index contributed by atoms with van der Waals surface area (Å²) in [5.41, 5.74) is 5.54. The highest BCUT2D eigenvalue weighted by Gasteiger charge is 2.31. The van der Waals surface area contributed by atoms with E-state index in [-0.39, 0.29) is 12.0 Å². The Balaban J connectivity index is 2.62. The van der Waals surface area contributed by atoms with E-state index in [4.69, 9.17) is 19.9 Å². The van der Waals surface area contributed by atoms with Gasteiger partial charge in [-0.3, -0.25) is 9.59 Å². The van der Waals surface area contributed by atoms with Gasteiger partial charge in [-0.15, -0.1) is 0 Å². The second-order valence-electron chi connectivity index (χ2n) is 10.4. The third-order valence-electron chi connectivity index (χ3n) is 5.88. The van der Waals surface area contributed by atoms with E-state index in [9.17, 15) is 19.5 Å². The fraction of sp³-hybridized carbons (Fsp3) is 0.500. The molecular weight excluding hydrogens is 514 g/mol. The lowest BCUT2D eigenvalue weighted by Gasteiger charge is -2.29. The minimum Gasteiger partial charge on any atom is -0.496 e. The number of aliphatic hydroxyl groups excluding tert-OH is 1. The SMILES string of the molecule is C/C=C\CC(C/C=C\NC(=O)C(NC(=O)\C=C/C=C\C(C)=C\CC1CC=C(OC)C(O)O1)C(C)(C)C)OC(N)=O. The van der Waals surface area contributed by atoms with Crippen LogP contribution in [0.25, 0.3) is 0 Å². The van der Waals surface area contributed by atoms with Crippen molar-refractivity contribution in [3.8, 4) is 0 Å². The molecule has 222 valence electrons. The number of methoxy groups -OCH3 is 1. The summed E-state index contributed by atoms with van der Waals surface area (Å²) in [5, 5.41) is 15.3. The predicted molar refractivity (Wildman–Crippen MR) is 154 cm³/mol. The molecule has 5 N–H and O–H groups in total. The van der Waals surface area contributed by atoms with Crippen molar-refractivity contribution >= 4 is 17.9 Å². The fourth-order valence-electron chi connectivity index (χ4n) is 3.68. The predicted octanol–water partition coefficient (Wildman–Crippen LogP) is 4.05. The molecule has 4 unspecified atom stereocenters. The molecule has 0 saturated heterocycles. The number of allylic oxidation sites excluding steroid dienone is 5. The molecule has 1 aliphatic rings. The first-order valence-electron chi connectivity index (χ1n) is 13.3. The Morgan fingerprint density at radius 2 is 1.88 bits per heavy atom. The lowest BCUT2D eigenvalue weighted by atomic mass is 9.86. The summed E-state index contributed by atoms with van der Waals surface area (Å²) in [7, 11) is 1.49. The largest absolute Gasteiger partial charge is 0.496 e. The van der Waals surface area contributed by atoms with Crippen molar-refractivity contribution < 1.29 is 33.7 Å². The Hall–Kier alpha value is -3.63. The zero-order chi connectivity index (χ0) is 30.1. The maximum absolute atomic E-state index is 12.8. The maximum atomic E-state index is 12.8. The number of hydrogen-bond acceptors (Lipinski definition) is 7. The summed E-state index contributed by atoms with van der Waals surface area (Å²) in [5.74, 6) is -0.357. The van der Waals surface area contributed by atoms with E-state index in [2.05, 4.69) is 10.6 Å². The number of aliphatic hydroxyl groups is 1. The van der Waals surface area contributed by atoms with Gasteiger partial charge in [-0.25, -0.2) is 4.79 Å². The Morgan fingerprint density at radius 3 is 2.48 bits per heavy atom. The highest BCUT2D eigenvalue weighted by atomic mass is 16.6. The molecule has 1 aliphatic heterocycles. The van der Waals surface area contributed by atoms with Gasteiger partial charge in [0.1, 0.15) is 17.9 Å². The van der Waals surface area contributed by atoms with Crippen molar-refractivity contribution in [1.29, 1.82) is 0 Å². The normalized spacial score (nSPS) is 20.1. The van der Waals surface area contributed by atoms with Crippen LogP contribution in [0.3, 0.4) is 0 Å². The molecule has 0 aromatic rings. The summed E-state index contributed by atoms with van der Waals surface area (Å²) < 4.78 is 15.6. The van der Waals surface area contributed by atoms with Gasteiger partial charge in [0.2, 0.25) is 18.1 Å². The Kier molecular flexibility index (Phi) is 15.4. The van der Waals surface area contributed by atoms with Crippen molar-refractivity contribution in [3.63, 3.8) is 0 Å². The quantitative estimate of drug-likeness (QED) is 0.142. The van der Waals surface area contributed by atoms with E-state index in [0.717, 1.165) is 5.57 Å². The van der Waals surface area contributed by atoms with Crippen LogP contribution in [0.2, 0.25) is 0 Å². The molecule has 0 radical (unpaired) electrons. The van der Waals surface area contributed by atoms with Crippen LogP contribution in [-0.2, 0) is 23.8 Å². The first-order valence-corrected chi connectivity index (χ1v) is 13.3. The standard InChI is InChI=1S/C30H45N3O7/c1-7-8-13-22(40-29(31)37)14-11-20-32-27(35)26(30(3,4)5)33-25(34)15-10-9-12-21(2)16-17-23-18-19-24(38-6)28(36)39-23/h7-12,15-16,19-20,22-23,26,28,36H,13-14,17-18H2,1-6H3,(H2,31,37)(H,32,35)(H,33,34)/b8-7-,12-9-,15-10-,20-11-,21-16+. The van der Waals surface area contributed by atoms with Crippen molar-refractivity contribution in [2.75, 3.05) is 7.11 Å². The maximum Gasteiger partial charge on any atom is 0.404 e. The molecule has 0 fully saturated rings. The van der Waals surface area contributed by atoms with Gasteiger partial charge in [0.05, 0.1) is 13.2 Å². The number of nitrogens with two attached hydrogens (primary N) is 1. The smallest absolute Gasteiger partial charge is 0.404 e. The third-order valence-corrected chi connectivity index (χ3v) is 5.88. The van der Waals surface area contributed by atoms with Crippen LogP contribution >= 0.6 is 0 Å². The minimum atomic E-state index is -1.05. The van der Waals surface area contributed by atoms with Crippen molar-refractivity contribution in [3.05, 3.63) is 72.2 Å². The first kappa shape index (κ1) is 34.4. The van der Waals surface area contributed by atoms with Crippen LogP contribution in [0.5, 0.6) is 0 Å². The van der Waals surface area contributed by atoms with Gasteiger partial charge in [0, 0.05) is 18.9 Å². The van der Waals surface area contributed by atoms with Gasteiger partial charge in [-0.1, -0.05) is 68.9 Å². The van der Waals surface area contributed by atoms with Crippen molar-refractivity contribution in [2.24, 2.45) is 11.1 Å². The van der Waals surface area contributed by atoms with Crippen molar-refractivity contribution in [1.82, 2.24) is 10.6 Å². The molecule has 0 aliphatic carbocycles. The summed E-state index contributed by atoms with van der Waals surface area (Å²) in [6.07, 6.45) is 16.9. The number of ether oxygens (including phenoxy) is 3. The second-order valence-corrected chi connectivity index (χ2v) is 10.4. The Labute approximate surface area is 237 Å².